The molecular formula is C18H13F3O3. The predicted octanol–water partition coefficient (Wildman–Crippen LogP) is 4.48. The minimum atomic E-state index is -4.44. The van der Waals surface area contributed by atoms with Gasteiger partial charge in [0, 0.05) is 11.6 Å². The van der Waals surface area contributed by atoms with Gasteiger partial charge in [-0.25, -0.2) is 4.79 Å². The second-order valence-corrected chi connectivity index (χ2v) is 4.87. The minimum Gasteiger partial charge on any atom is -0.507 e. The lowest BCUT2D eigenvalue weighted by molar-refractivity contribution is -0.137. The molecule has 0 aromatic heterocycles. The summed E-state index contributed by atoms with van der Waals surface area (Å²) < 4.78 is 38.0. The monoisotopic (exact) mass is 334 g/mol. The fraction of sp³-hybridized carbons (Fsp3) is 0.0556. The zero-order valence-corrected chi connectivity index (χ0v) is 12.3. The van der Waals surface area contributed by atoms with Crippen molar-refractivity contribution in [2.75, 3.05) is 0 Å². The van der Waals surface area contributed by atoms with E-state index in [1.165, 1.54) is 30.4 Å². The molecule has 0 amide bonds. The predicted molar refractivity (Wildman–Crippen MR) is 83.4 cm³/mol. The SMILES string of the molecule is O=C(O)/C=C/C=C(/c1ccc(C(F)(F)F)cc1)c1ccccc1O. The van der Waals surface area contributed by atoms with Gasteiger partial charge in [-0.1, -0.05) is 42.5 Å². The molecule has 0 atom stereocenters. The molecule has 0 spiro atoms. The van der Waals surface area contributed by atoms with Crippen molar-refractivity contribution in [2.24, 2.45) is 0 Å². The number of allylic oxidation sites excluding steroid dienone is 2. The van der Waals surface area contributed by atoms with Gasteiger partial charge in [0.25, 0.3) is 0 Å². The fourth-order valence-electron chi connectivity index (χ4n) is 2.11. The van der Waals surface area contributed by atoms with E-state index < -0.39 is 17.7 Å². The summed E-state index contributed by atoms with van der Waals surface area (Å²) in [4.78, 5) is 10.6. The van der Waals surface area contributed by atoms with E-state index in [4.69, 9.17) is 5.11 Å². The summed E-state index contributed by atoms with van der Waals surface area (Å²) in [5.41, 5.74) is 0.412. The zero-order valence-electron chi connectivity index (χ0n) is 12.3. The van der Waals surface area contributed by atoms with E-state index in [-0.39, 0.29) is 5.75 Å². The molecule has 0 aliphatic rings. The van der Waals surface area contributed by atoms with Crippen LogP contribution in [0.5, 0.6) is 5.75 Å². The van der Waals surface area contributed by atoms with Crippen LogP contribution in [0.25, 0.3) is 5.57 Å². The van der Waals surface area contributed by atoms with Gasteiger partial charge in [-0.3, -0.25) is 0 Å². The number of carboxylic acids is 1. The number of aliphatic carboxylic acids is 1. The second kappa shape index (κ2) is 7.04. The number of alkyl halides is 3. The van der Waals surface area contributed by atoms with Gasteiger partial charge in [-0.15, -0.1) is 0 Å². The van der Waals surface area contributed by atoms with Crippen molar-refractivity contribution in [1.82, 2.24) is 0 Å². The second-order valence-electron chi connectivity index (χ2n) is 4.87. The lowest BCUT2D eigenvalue weighted by Crippen LogP contribution is -2.04. The lowest BCUT2D eigenvalue weighted by atomic mass is 9.95. The van der Waals surface area contributed by atoms with Gasteiger partial charge in [-0.2, -0.15) is 13.2 Å². The number of benzene rings is 2. The first kappa shape index (κ1) is 17.3. The van der Waals surface area contributed by atoms with Gasteiger partial charge in [0.05, 0.1) is 5.56 Å². The van der Waals surface area contributed by atoms with E-state index in [2.05, 4.69) is 0 Å². The first-order chi connectivity index (χ1) is 11.3. The molecule has 0 radical (unpaired) electrons. The van der Waals surface area contributed by atoms with Crippen molar-refractivity contribution in [3.63, 3.8) is 0 Å². The van der Waals surface area contributed by atoms with Gasteiger partial charge in [0.1, 0.15) is 5.75 Å². The number of phenols is 1. The van der Waals surface area contributed by atoms with Crippen LogP contribution in [0, 0.1) is 0 Å². The first-order valence-electron chi connectivity index (χ1n) is 6.86. The maximum absolute atomic E-state index is 12.7. The Hall–Kier alpha value is -3.02. The van der Waals surface area contributed by atoms with Crippen LogP contribution >= 0.6 is 0 Å². The average Bonchev–Trinajstić information content (AvgIpc) is 2.52. The standard InChI is InChI=1S/C18H13F3O3/c19-18(20,21)13-10-8-12(9-11-13)14(5-3-7-17(23)24)15-4-1-2-6-16(15)22/h1-11,22H,(H,23,24)/b7-3+,14-5-. The summed E-state index contributed by atoms with van der Waals surface area (Å²) in [7, 11) is 0. The van der Waals surface area contributed by atoms with Crippen LogP contribution in [0.1, 0.15) is 16.7 Å². The van der Waals surface area contributed by atoms with E-state index in [9.17, 15) is 23.1 Å². The number of rotatable bonds is 4. The highest BCUT2D eigenvalue weighted by Gasteiger charge is 2.30. The third-order valence-corrected chi connectivity index (χ3v) is 3.22. The molecule has 0 fully saturated rings. The molecule has 0 saturated heterocycles. The van der Waals surface area contributed by atoms with Gasteiger partial charge in [-0.05, 0) is 29.3 Å². The molecule has 2 rings (SSSR count). The first-order valence-corrected chi connectivity index (χ1v) is 6.86. The van der Waals surface area contributed by atoms with Crippen LogP contribution in [0.3, 0.4) is 0 Å². The van der Waals surface area contributed by atoms with E-state index >= 15 is 0 Å². The van der Waals surface area contributed by atoms with E-state index in [0.29, 0.717) is 16.7 Å². The van der Waals surface area contributed by atoms with Crippen LogP contribution < -0.4 is 0 Å². The van der Waals surface area contributed by atoms with E-state index in [1.54, 1.807) is 18.2 Å². The van der Waals surface area contributed by atoms with E-state index in [0.717, 1.165) is 18.2 Å². The number of hydrogen-bond donors (Lipinski definition) is 2. The molecule has 0 saturated carbocycles. The molecule has 2 aromatic rings. The highest BCUT2D eigenvalue weighted by Crippen LogP contribution is 2.33. The van der Waals surface area contributed by atoms with Crippen molar-refractivity contribution in [1.29, 1.82) is 0 Å². The molecule has 2 N–H and O–H groups in total. The third kappa shape index (κ3) is 4.25. The minimum absolute atomic E-state index is 0.0626. The summed E-state index contributed by atoms with van der Waals surface area (Å²) >= 11 is 0. The van der Waals surface area contributed by atoms with E-state index in [1.807, 2.05) is 0 Å². The maximum atomic E-state index is 12.7. The van der Waals surface area contributed by atoms with Crippen LogP contribution in [0.4, 0.5) is 13.2 Å². The number of phenolic OH excluding ortho intramolecular Hbond substituents is 1. The highest BCUT2D eigenvalue weighted by atomic mass is 19.4. The van der Waals surface area contributed by atoms with Crippen LogP contribution in [-0.4, -0.2) is 16.2 Å². The third-order valence-electron chi connectivity index (χ3n) is 3.22. The normalized spacial score (nSPS) is 12.5. The highest BCUT2D eigenvalue weighted by molar-refractivity contribution is 5.85. The van der Waals surface area contributed by atoms with Crippen LogP contribution in [0.15, 0.2) is 66.8 Å². The summed E-state index contributed by atoms with van der Waals surface area (Å²) in [5, 5.41) is 18.6. The molecule has 0 bridgehead atoms. The van der Waals surface area contributed by atoms with Gasteiger partial charge in [0.15, 0.2) is 0 Å². The lowest BCUT2D eigenvalue weighted by Gasteiger charge is -2.12. The number of halogens is 3. The Balaban J connectivity index is 2.51. The molecule has 6 heteroatoms. The molecule has 0 aliphatic heterocycles. The Morgan fingerprint density at radius 1 is 1.00 bits per heavy atom. The van der Waals surface area contributed by atoms with Crippen molar-refractivity contribution < 1.29 is 28.2 Å². The Morgan fingerprint density at radius 3 is 2.17 bits per heavy atom. The van der Waals surface area contributed by atoms with Crippen molar-refractivity contribution in [2.45, 2.75) is 6.18 Å². The largest absolute Gasteiger partial charge is 0.507 e. The fourth-order valence-corrected chi connectivity index (χ4v) is 2.11. The van der Waals surface area contributed by atoms with Gasteiger partial charge < -0.3 is 10.2 Å². The topological polar surface area (TPSA) is 57.5 Å². The Bertz CT molecular complexity index is 788. The Kier molecular flexibility index (Phi) is 5.08. The summed E-state index contributed by atoms with van der Waals surface area (Å²) in [5.74, 6) is -1.22. The molecule has 0 aliphatic carbocycles. The molecule has 24 heavy (non-hydrogen) atoms. The smallest absolute Gasteiger partial charge is 0.416 e. The molecular weight excluding hydrogens is 321 g/mol. The van der Waals surface area contributed by atoms with Crippen LogP contribution in [0.2, 0.25) is 0 Å². The van der Waals surface area contributed by atoms with Gasteiger partial charge in [0.2, 0.25) is 0 Å². The number of hydrogen-bond acceptors (Lipinski definition) is 2. The number of para-hydroxylation sites is 1. The molecule has 0 unspecified atom stereocenters. The summed E-state index contributed by atoms with van der Waals surface area (Å²) in [6.45, 7) is 0. The Labute approximate surface area is 136 Å². The quantitative estimate of drug-likeness (QED) is 0.640. The summed E-state index contributed by atoms with van der Waals surface area (Å²) in [6, 6.07) is 10.7. The number of aromatic hydroxyl groups is 1. The zero-order chi connectivity index (χ0) is 17.7. The van der Waals surface area contributed by atoms with Crippen molar-refractivity contribution >= 4 is 11.5 Å². The van der Waals surface area contributed by atoms with Crippen molar-refractivity contribution in [3.05, 3.63) is 83.4 Å². The molecule has 2 aromatic carbocycles. The van der Waals surface area contributed by atoms with Gasteiger partial charge >= 0.3 is 12.1 Å². The van der Waals surface area contributed by atoms with Crippen molar-refractivity contribution in [3.8, 4) is 5.75 Å². The molecule has 0 heterocycles. The maximum Gasteiger partial charge on any atom is 0.416 e. The number of carboxylic acid groups (broad SMARTS) is 1. The Morgan fingerprint density at radius 2 is 1.62 bits per heavy atom. The molecule has 124 valence electrons. The summed E-state index contributed by atoms with van der Waals surface area (Å²) in [6.07, 6.45) is -0.877. The number of carbonyl (C=O) groups is 1. The molecule has 3 nitrogen and oxygen atoms in total. The average molecular weight is 334 g/mol. The van der Waals surface area contributed by atoms with Crippen LogP contribution in [-0.2, 0) is 11.0 Å².